The Kier molecular flexibility index (Phi) is 5.71. The van der Waals surface area contributed by atoms with Crippen molar-refractivity contribution in [2.24, 2.45) is 0 Å². The summed E-state index contributed by atoms with van der Waals surface area (Å²) < 4.78 is 6.86. The number of thiophene rings is 1. The van der Waals surface area contributed by atoms with Gasteiger partial charge in [0.25, 0.3) is 5.91 Å². The summed E-state index contributed by atoms with van der Waals surface area (Å²) in [4.78, 5) is 21.6. The number of anilines is 1. The van der Waals surface area contributed by atoms with Crippen molar-refractivity contribution in [3.05, 3.63) is 64.5 Å². The molecule has 0 atom stereocenters. The Morgan fingerprint density at radius 3 is 2.66 bits per heavy atom. The fourth-order valence-corrected chi connectivity index (χ4v) is 6.39. The van der Waals surface area contributed by atoms with Crippen molar-refractivity contribution in [3.8, 4) is 16.3 Å². The van der Waals surface area contributed by atoms with E-state index in [9.17, 15) is 4.79 Å². The average molecular weight is 464 g/mol. The first-order valence-corrected chi connectivity index (χ1v) is 12.4. The highest BCUT2D eigenvalue weighted by Crippen LogP contribution is 2.45. The highest BCUT2D eigenvalue weighted by atomic mass is 32.1. The lowest BCUT2D eigenvalue weighted by molar-refractivity contribution is 0.102. The van der Waals surface area contributed by atoms with Gasteiger partial charge in [0.1, 0.15) is 15.8 Å². The molecule has 5 rings (SSSR count). The molecule has 2 aromatic heterocycles. The Hall–Kier alpha value is -2.74. The molecule has 2 aromatic carbocycles. The third-order valence-electron chi connectivity index (χ3n) is 5.47. The topological polar surface area (TPSA) is 54.5 Å². The van der Waals surface area contributed by atoms with E-state index in [1.807, 2.05) is 56.3 Å². The van der Waals surface area contributed by atoms with Crippen LogP contribution in [0.3, 0.4) is 0 Å². The quantitative estimate of drug-likeness (QED) is 0.391. The molecule has 0 fully saturated rings. The van der Waals surface area contributed by atoms with E-state index in [4.69, 9.17) is 9.72 Å². The number of para-hydroxylation sites is 1. The summed E-state index contributed by atoms with van der Waals surface area (Å²) in [5.41, 5.74) is 4.02. The lowest BCUT2D eigenvalue weighted by Gasteiger charge is -2.22. The van der Waals surface area contributed by atoms with Crippen molar-refractivity contribution >= 4 is 43.8 Å². The molecule has 1 aliphatic heterocycles. The molecule has 0 saturated carbocycles. The van der Waals surface area contributed by atoms with Crippen molar-refractivity contribution in [1.29, 1.82) is 0 Å². The second-order valence-corrected chi connectivity index (χ2v) is 10.5. The summed E-state index contributed by atoms with van der Waals surface area (Å²) >= 11 is 3.36. The van der Waals surface area contributed by atoms with Crippen LogP contribution in [-0.4, -0.2) is 35.5 Å². The number of carbonyl (C=O) groups excluding carboxylic acids is 1. The maximum atomic E-state index is 13.1. The largest absolute Gasteiger partial charge is 0.491 e. The minimum absolute atomic E-state index is 0.0987. The highest BCUT2D eigenvalue weighted by Gasteiger charge is 2.27. The zero-order chi connectivity index (χ0) is 22.2. The first-order chi connectivity index (χ1) is 15.5. The SMILES string of the molecule is CC(C)Oc1ccc(C(=O)Nc2sc3c(c2-c2nc4ccccc4s2)CCN(C)C3)cc1. The van der Waals surface area contributed by atoms with Crippen molar-refractivity contribution in [1.82, 2.24) is 9.88 Å². The summed E-state index contributed by atoms with van der Waals surface area (Å²) in [6, 6.07) is 15.5. The fraction of sp³-hybridized carbons (Fsp3) is 0.280. The molecule has 0 aliphatic carbocycles. The molecular formula is C25H25N3O2S2. The van der Waals surface area contributed by atoms with E-state index in [1.165, 1.54) is 10.4 Å². The molecule has 4 aromatic rings. The van der Waals surface area contributed by atoms with Crippen LogP contribution in [0.4, 0.5) is 5.00 Å². The number of nitrogens with zero attached hydrogens (tertiary/aromatic N) is 2. The van der Waals surface area contributed by atoms with Crippen LogP contribution < -0.4 is 10.1 Å². The van der Waals surface area contributed by atoms with Crippen molar-refractivity contribution in [3.63, 3.8) is 0 Å². The van der Waals surface area contributed by atoms with E-state index in [2.05, 4.69) is 23.3 Å². The molecule has 1 aliphatic rings. The number of hydrogen-bond donors (Lipinski definition) is 1. The number of amides is 1. The zero-order valence-electron chi connectivity index (χ0n) is 18.3. The predicted octanol–water partition coefficient (Wildman–Crippen LogP) is 6.05. The first kappa shape index (κ1) is 21.1. The molecular weight excluding hydrogens is 438 g/mol. The molecule has 1 N–H and O–H groups in total. The second-order valence-electron chi connectivity index (χ2n) is 8.33. The minimum atomic E-state index is -0.115. The van der Waals surface area contributed by atoms with E-state index in [0.29, 0.717) is 5.56 Å². The van der Waals surface area contributed by atoms with Gasteiger partial charge in [0.2, 0.25) is 0 Å². The van der Waals surface area contributed by atoms with Gasteiger partial charge in [-0.2, -0.15) is 0 Å². The van der Waals surface area contributed by atoms with Gasteiger partial charge in [0.05, 0.1) is 16.3 Å². The van der Waals surface area contributed by atoms with Crippen LogP contribution in [0.25, 0.3) is 20.8 Å². The van der Waals surface area contributed by atoms with E-state index >= 15 is 0 Å². The van der Waals surface area contributed by atoms with E-state index < -0.39 is 0 Å². The Morgan fingerprint density at radius 2 is 1.91 bits per heavy atom. The van der Waals surface area contributed by atoms with Gasteiger partial charge in [0.15, 0.2) is 0 Å². The van der Waals surface area contributed by atoms with Crippen LogP contribution in [0.15, 0.2) is 48.5 Å². The van der Waals surface area contributed by atoms with Gasteiger partial charge in [0, 0.05) is 29.1 Å². The number of fused-ring (bicyclic) bond motifs is 2. The van der Waals surface area contributed by atoms with Gasteiger partial charge in [-0.1, -0.05) is 12.1 Å². The Labute approximate surface area is 195 Å². The van der Waals surface area contributed by atoms with Crippen molar-refractivity contribution < 1.29 is 9.53 Å². The molecule has 0 unspecified atom stereocenters. The van der Waals surface area contributed by atoms with Crippen LogP contribution in [0, 0.1) is 0 Å². The van der Waals surface area contributed by atoms with Crippen molar-refractivity contribution in [2.75, 3.05) is 18.9 Å². The third kappa shape index (κ3) is 4.16. The average Bonchev–Trinajstić information content (AvgIpc) is 3.33. The third-order valence-corrected chi connectivity index (χ3v) is 7.66. The lowest BCUT2D eigenvalue weighted by Crippen LogP contribution is -2.25. The number of benzene rings is 2. The number of nitrogens with one attached hydrogen (secondary N) is 1. The summed E-state index contributed by atoms with van der Waals surface area (Å²) in [6.45, 7) is 5.88. The van der Waals surface area contributed by atoms with Crippen LogP contribution in [0.5, 0.6) is 5.75 Å². The fourth-order valence-electron chi connectivity index (χ4n) is 3.96. The molecule has 1 amide bonds. The van der Waals surface area contributed by atoms with Gasteiger partial charge < -0.3 is 15.0 Å². The molecule has 164 valence electrons. The van der Waals surface area contributed by atoms with Crippen LogP contribution in [0.1, 0.15) is 34.6 Å². The number of hydrogen-bond acceptors (Lipinski definition) is 6. The van der Waals surface area contributed by atoms with Gasteiger partial charge in [-0.05, 0) is 69.3 Å². The van der Waals surface area contributed by atoms with Crippen LogP contribution in [0.2, 0.25) is 0 Å². The van der Waals surface area contributed by atoms with Gasteiger partial charge >= 0.3 is 0 Å². The smallest absolute Gasteiger partial charge is 0.256 e. The van der Waals surface area contributed by atoms with E-state index in [0.717, 1.165) is 51.0 Å². The molecule has 5 nitrogen and oxygen atoms in total. The number of carbonyl (C=O) groups is 1. The molecule has 0 saturated heterocycles. The number of aromatic nitrogens is 1. The van der Waals surface area contributed by atoms with Crippen LogP contribution >= 0.6 is 22.7 Å². The number of ether oxygens (including phenoxy) is 1. The number of rotatable bonds is 5. The first-order valence-electron chi connectivity index (χ1n) is 10.7. The summed E-state index contributed by atoms with van der Waals surface area (Å²) in [5, 5.41) is 5.05. The van der Waals surface area contributed by atoms with E-state index in [-0.39, 0.29) is 12.0 Å². The predicted molar refractivity (Wildman–Crippen MR) is 133 cm³/mol. The standard InChI is InChI=1S/C25H25N3O2S2/c1-15(2)30-17-10-8-16(9-11-17)23(29)27-25-22(18-12-13-28(3)14-21(18)32-25)24-26-19-6-4-5-7-20(19)31-24/h4-11,15H,12-14H2,1-3H3,(H,27,29). The monoisotopic (exact) mass is 463 g/mol. The van der Waals surface area contributed by atoms with E-state index in [1.54, 1.807) is 22.7 Å². The maximum absolute atomic E-state index is 13.1. The second kappa shape index (κ2) is 8.65. The molecule has 3 heterocycles. The Bertz CT molecular complexity index is 1240. The molecule has 7 heteroatoms. The summed E-state index contributed by atoms with van der Waals surface area (Å²) in [7, 11) is 2.14. The normalized spacial score (nSPS) is 14.0. The Morgan fingerprint density at radius 1 is 1.12 bits per heavy atom. The van der Waals surface area contributed by atoms with Gasteiger partial charge in [-0.15, -0.1) is 22.7 Å². The Balaban J connectivity index is 1.50. The molecule has 0 radical (unpaired) electrons. The molecule has 32 heavy (non-hydrogen) atoms. The van der Waals surface area contributed by atoms with Crippen LogP contribution in [-0.2, 0) is 13.0 Å². The van der Waals surface area contributed by atoms with Gasteiger partial charge in [-0.3, -0.25) is 4.79 Å². The van der Waals surface area contributed by atoms with Crippen molar-refractivity contribution in [2.45, 2.75) is 32.9 Å². The number of likely N-dealkylation sites (N-methyl/N-ethyl adjacent to an activating group) is 1. The minimum Gasteiger partial charge on any atom is -0.491 e. The summed E-state index contributed by atoms with van der Waals surface area (Å²) in [6.07, 6.45) is 1.06. The number of thiazole rings is 1. The lowest BCUT2D eigenvalue weighted by atomic mass is 10.0. The van der Waals surface area contributed by atoms with Gasteiger partial charge in [-0.25, -0.2) is 4.98 Å². The molecule has 0 spiro atoms. The highest BCUT2D eigenvalue weighted by molar-refractivity contribution is 7.23. The zero-order valence-corrected chi connectivity index (χ0v) is 20.0. The maximum Gasteiger partial charge on any atom is 0.256 e. The summed E-state index contributed by atoms with van der Waals surface area (Å²) in [5.74, 6) is 0.650. The molecule has 0 bridgehead atoms.